The molecule has 1 saturated heterocycles. The molecule has 116 valence electrons. The number of nitrogens with two attached hydrogens (primary N) is 1. The summed E-state index contributed by atoms with van der Waals surface area (Å²) in [7, 11) is 0. The van der Waals surface area contributed by atoms with E-state index >= 15 is 0 Å². The molecular formula is C14H18F3N3O. The first-order valence-corrected chi connectivity index (χ1v) is 6.69. The van der Waals surface area contributed by atoms with Crippen LogP contribution in [0.15, 0.2) is 23.4 Å². The van der Waals surface area contributed by atoms with Crippen molar-refractivity contribution in [3.8, 4) is 0 Å². The first kappa shape index (κ1) is 15.5. The number of alkyl halides is 3. The lowest BCUT2D eigenvalue weighted by Crippen LogP contribution is -2.28. The number of hydrogen-bond donors (Lipinski definition) is 2. The van der Waals surface area contributed by atoms with E-state index in [1.165, 1.54) is 12.1 Å². The van der Waals surface area contributed by atoms with E-state index in [0.29, 0.717) is 11.6 Å². The van der Waals surface area contributed by atoms with Crippen LogP contribution in [0.4, 0.5) is 18.9 Å². The fraction of sp³-hybridized carbons (Fsp3) is 0.500. The Morgan fingerprint density at radius 2 is 2.05 bits per heavy atom. The Labute approximate surface area is 121 Å². The SMILES string of the molecule is CC1CC(C)N(c2ccc(C(F)(F)F)c(/C(N)=N/O)c2)C1. The zero-order chi connectivity index (χ0) is 15.8. The van der Waals surface area contributed by atoms with Crippen molar-refractivity contribution in [1.29, 1.82) is 0 Å². The van der Waals surface area contributed by atoms with E-state index in [4.69, 9.17) is 10.9 Å². The maximum Gasteiger partial charge on any atom is 0.417 e. The van der Waals surface area contributed by atoms with E-state index in [0.717, 1.165) is 19.0 Å². The Balaban J connectivity index is 2.48. The lowest BCUT2D eigenvalue weighted by molar-refractivity contribution is -0.137. The smallest absolute Gasteiger partial charge is 0.409 e. The number of anilines is 1. The third-order valence-corrected chi connectivity index (χ3v) is 3.81. The largest absolute Gasteiger partial charge is 0.417 e. The van der Waals surface area contributed by atoms with Gasteiger partial charge in [0.15, 0.2) is 5.84 Å². The van der Waals surface area contributed by atoms with Gasteiger partial charge in [0, 0.05) is 23.8 Å². The second-order valence-electron chi connectivity index (χ2n) is 5.56. The van der Waals surface area contributed by atoms with Gasteiger partial charge in [-0.15, -0.1) is 0 Å². The van der Waals surface area contributed by atoms with Crippen molar-refractivity contribution in [1.82, 2.24) is 0 Å². The molecular weight excluding hydrogens is 283 g/mol. The van der Waals surface area contributed by atoms with Crippen molar-refractivity contribution in [2.75, 3.05) is 11.4 Å². The first-order valence-electron chi connectivity index (χ1n) is 6.69. The summed E-state index contributed by atoms with van der Waals surface area (Å²) in [6.45, 7) is 4.91. The van der Waals surface area contributed by atoms with Crippen molar-refractivity contribution >= 4 is 11.5 Å². The van der Waals surface area contributed by atoms with Crippen LogP contribution in [0.2, 0.25) is 0 Å². The van der Waals surface area contributed by atoms with Crippen LogP contribution in [0.25, 0.3) is 0 Å². The monoisotopic (exact) mass is 301 g/mol. The minimum Gasteiger partial charge on any atom is -0.409 e. The summed E-state index contributed by atoms with van der Waals surface area (Å²) in [6.07, 6.45) is -3.56. The van der Waals surface area contributed by atoms with E-state index in [9.17, 15) is 13.2 Å². The molecule has 0 amide bonds. The number of benzene rings is 1. The molecule has 7 heteroatoms. The van der Waals surface area contributed by atoms with E-state index in [-0.39, 0.29) is 11.6 Å². The normalized spacial score (nSPS) is 23.7. The van der Waals surface area contributed by atoms with Crippen LogP contribution in [0, 0.1) is 5.92 Å². The van der Waals surface area contributed by atoms with Gasteiger partial charge in [-0.1, -0.05) is 12.1 Å². The minimum atomic E-state index is -4.55. The molecule has 1 aliphatic rings. The van der Waals surface area contributed by atoms with Crippen molar-refractivity contribution in [3.63, 3.8) is 0 Å². The van der Waals surface area contributed by atoms with Crippen LogP contribution in [-0.4, -0.2) is 23.6 Å². The maximum atomic E-state index is 13.0. The third kappa shape index (κ3) is 3.06. The number of nitrogens with zero attached hydrogens (tertiary/aromatic N) is 2. The van der Waals surface area contributed by atoms with Gasteiger partial charge in [0.25, 0.3) is 0 Å². The number of amidine groups is 1. The summed E-state index contributed by atoms with van der Waals surface area (Å²) in [4.78, 5) is 2.04. The predicted octanol–water partition coefficient (Wildman–Crippen LogP) is 3.03. The van der Waals surface area contributed by atoms with E-state index in [1.807, 2.05) is 11.8 Å². The molecule has 1 aromatic rings. The first-order chi connectivity index (χ1) is 9.74. The zero-order valence-electron chi connectivity index (χ0n) is 11.9. The molecule has 2 unspecified atom stereocenters. The molecule has 2 rings (SSSR count). The number of rotatable bonds is 2. The lowest BCUT2D eigenvalue weighted by Gasteiger charge is -2.25. The topological polar surface area (TPSA) is 61.8 Å². The van der Waals surface area contributed by atoms with Crippen molar-refractivity contribution in [3.05, 3.63) is 29.3 Å². The van der Waals surface area contributed by atoms with Gasteiger partial charge < -0.3 is 15.8 Å². The molecule has 0 radical (unpaired) electrons. The molecule has 1 fully saturated rings. The number of oxime groups is 1. The quantitative estimate of drug-likeness (QED) is 0.382. The Morgan fingerprint density at radius 3 is 2.52 bits per heavy atom. The molecule has 1 aromatic carbocycles. The van der Waals surface area contributed by atoms with Crippen LogP contribution in [-0.2, 0) is 6.18 Å². The Bertz CT molecular complexity index is 557. The van der Waals surface area contributed by atoms with Crippen LogP contribution < -0.4 is 10.6 Å². The van der Waals surface area contributed by atoms with Gasteiger partial charge >= 0.3 is 6.18 Å². The Morgan fingerprint density at radius 1 is 1.38 bits per heavy atom. The molecule has 21 heavy (non-hydrogen) atoms. The summed E-state index contributed by atoms with van der Waals surface area (Å²) in [5.41, 5.74) is 4.86. The van der Waals surface area contributed by atoms with Crippen molar-refractivity contribution < 1.29 is 18.4 Å². The third-order valence-electron chi connectivity index (χ3n) is 3.81. The van der Waals surface area contributed by atoms with Gasteiger partial charge in [-0.25, -0.2) is 0 Å². The summed E-state index contributed by atoms with van der Waals surface area (Å²) < 4.78 is 39.0. The zero-order valence-corrected chi connectivity index (χ0v) is 11.9. The van der Waals surface area contributed by atoms with Crippen molar-refractivity contribution in [2.24, 2.45) is 16.8 Å². The van der Waals surface area contributed by atoms with Gasteiger partial charge in [-0.05, 0) is 37.5 Å². The molecule has 0 bridgehead atoms. The fourth-order valence-electron chi connectivity index (χ4n) is 2.88. The average molecular weight is 301 g/mol. The Hall–Kier alpha value is -1.92. The summed E-state index contributed by atoms with van der Waals surface area (Å²) in [5, 5.41) is 11.4. The lowest BCUT2D eigenvalue weighted by atomic mass is 10.0. The standard InChI is InChI=1S/C14H18F3N3O/c1-8-5-9(2)20(7-8)10-3-4-12(14(15,16)17)11(6-10)13(18)19-21/h3-4,6,8-9,21H,5,7H2,1-2H3,(H2,18,19). The van der Waals surface area contributed by atoms with Crippen LogP contribution in [0.3, 0.4) is 0 Å². The molecule has 1 heterocycles. The van der Waals surface area contributed by atoms with Gasteiger partial charge in [-0.2, -0.15) is 13.2 Å². The summed E-state index contributed by atoms with van der Waals surface area (Å²) in [6, 6.07) is 4.01. The second kappa shape index (κ2) is 5.46. The fourth-order valence-corrected chi connectivity index (χ4v) is 2.88. The summed E-state index contributed by atoms with van der Waals surface area (Å²) >= 11 is 0. The van der Waals surface area contributed by atoms with Gasteiger partial charge in [0.1, 0.15) is 0 Å². The highest BCUT2D eigenvalue weighted by Gasteiger charge is 2.35. The average Bonchev–Trinajstić information content (AvgIpc) is 2.75. The van der Waals surface area contributed by atoms with E-state index in [2.05, 4.69) is 12.1 Å². The molecule has 0 spiro atoms. The van der Waals surface area contributed by atoms with Crippen molar-refractivity contribution in [2.45, 2.75) is 32.5 Å². The van der Waals surface area contributed by atoms with E-state index in [1.54, 1.807) is 0 Å². The molecule has 3 N–H and O–H groups in total. The van der Waals surface area contributed by atoms with Gasteiger partial charge in [-0.3, -0.25) is 0 Å². The number of halogens is 3. The molecule has 2 atom stereocenters. The number of hydrogen-bond acceptors (Lipinski definition) is 3. The summed E-state index contributed by atoms with van der Waals surface area (Å²) in [5.74, 6) is -0.0568. The highest BCUT2D eigenvalue weighted by molar-refractivity contribution is 5.99. The van der Waals surface area contributed by atoms with Gasteiger partial charge in [0.2, 0.25) is 0 Å². The predicted molar refractivity (Wildman–Crippen MR) is 74.5 cm³/mol. The maximum absolute atomic E-state index is 13.0. The highest BCUT2D eigenvalue weighted by Crippen LogP contribution is 2.36. The second-order valence-corrected chi connectivity index (χ2v) is 5.56. The highest BCUT2D eigenvalue weighted by atomic mass is 19.4. The minimum absolute atomic E-state index is 0.247. The Kier molecular flexibility index (Phi) is 4.02. The van der Waals surface area contributed by atoms with E-state index < -0.39 is 17.6 Å². The molecule has 0 aromatic heterocycles. The van der Waals surface area contributed by atoms with Gasteiger partial charge in [0.05, 0.1) is 5.56 Å². The van der Waals surface area contributed by atoms with Crippen LogP contribution >= 0.6 is 0 Å². The molecule has 4 nitrogen and oxygen atoms in total. The molecule has 1 aliphatic heterocycles. The molecule has 0 aliphatic carbocycles. The van der Waals surface area contributed by atoms with Crippen LogP contribution in [0.1, 0.15) is 31.4 Å². The molecule has 0 saturated carbocycles. The van der Waals surface area contributed by atoms with Crippen LogP contribution in [0.5, 0.6) is 0 Å².